The van der Waals surface area contributed by atoms with Crippen molar-refractivity contribution in [1.29, 1.82) is 0 Å². The van der Waals surface area contributed by atoms with Crippen LogP contribution in [0.2, 0.25) is 0 Å². The van der Waals surface area contributed by atoms with Crippen LogP contribution in [0.25, 0.3) is 11.1 Å². The van der Waals surface area contributed by atoms with Gasteiger partial charge in [-0.3, -0.25) is 4.79 Å². The summed E-state index contributed by atoms with van der Waals surface area (Å²) in [6.45, 7) is 4.75. The molecule has 0 saturated heterocycles. The number of hydrogen-bond donors (Lipinski definition) is 1. The standard InChI is InChI=1S/C29H34FN3O/c1-3-6-20-10-12-21(13-11-20)22-14-16-24(17-15-22)33(19-23(31)7-4-2)29(34)26-18-25(26)27-8-5-9-28(30)32-27/h5,8-17,23,25-26H,3-4,6-7,18-19,31H2,1-2H3/t23-,25-,26-/m0/s1. The molecule has 0 aliphatic heterocycles. The first-order valence-electron chi connectivity index (χ1n) is 12.4. The van der Waals surface area contributed by atoms with Crippen LogP contribution in [0.4, 0.5) is 10.1 Å². The molecule has 4 nitrogen and oxygen atoms in total. The van der Waals surface area contributed by atoms with Crippen molar-refractivity contribution in [2.45, 2.75) is 57.9 Å². The molecule has 0 radical (unpaired) electrons. The minimum absolute atomic E-state index is 0.0333. The Kier molecular flexibility index (Phi) is 7.73. The number of pyridine rings is 1. The highest BCUT2D eigenvalue weighted by Gasteiger charge is 2.47. The zero-order valence-electron chi connectivity index (χ0n) is 20.1. The highest BCUT2D eigenvalue weighted by Crippen LogP contribution is 2.48. The molecule has 4 rings (SSSR count). The molecule has 1 amide bonds. The van der Waals surface area contributed by atoms with Crippen molar-refractivity contribution in [3.05, 3.63) is 83.9 Å². The largest absolute Gasteiger partial charge is 0.326 e. The third kappa shape index (κ3) is 5.71. The Balaban J connectivity index is 1.53. The third-order valence-electron chi connectivity index (χ3n) is 6.57. The lowest BCUT2D eigenvalue weighted by atomic mass is 10.0. The van der Waals surface area contributed by atoms with Crippen molar-refractivity contribution in [2.24, 2.45) is 11.7 Å². The second-order valence-electron chi connectivity index (χ2n) is 9.33. The molecular weight excluding hydrogens is 425 g/mol. The lowest BCUT2D eigenvalue weighted by Gasteiger charge is -2.26. The van der Waals surface area contributed by atoms with Crippen LogP contribution in [-0.4, -0.2) is 23.5 Å². The fraction of sp³-hybridized carbons (Fsp3) is 0.379. The maximum absolute atomic E-state index is 13.6. The molecule has 2 N–H and O–H groups in total. The fourth-order valence-corrected chi connectivity index (χ4v) is 4.63. The molecule has 0 spiro atoms. The Morgan fingerprint density at radius 3 is 2.32 bits per heavy atom. The summed E-state index contributed by atoms with van der Waals surface area (Å²) in [6.07, 6.45) is 4.73. The first kappa shape index (κ1) is 24.1. The summed E-state index contributed by atoms with van der Waals surface area (Å²) in [5, 5.41) is 0. The van der Waals surface area contributed by atoms with Gasteiger partial charge in [-0.1, -0.05) is 69.2 Å². The van der Waals surface area contributed by atoms with Crippen LogP contribution in [0.3, 0.4) is 0 Å². The number of nitrogens with zero attached hydrogens (tertiary/aromatic N) is 2. The van der Waals surface area contributed by atoms with E-state index in [9.17, 15) is 9.18 Å². The van der Waals surface area contributed by atoms with Crippen LogP contribution in [0.1, 0.15) is 56.7 Å². The normalized spacial score (nSPS) is 17.9. The average molecular weight is 460 g/mol. The Morgan fingerprint density at radius 1 is 1.03 bits per heavy atom. The van der Waals surface area contributed by atoms with Crippen LogP contribution < -0.4 is 10.6 Å². The van der Waals surface area contributed by atoms with Gasteiger partial charge in [-0.15, -0.1) is 0 Å². The summed E-state index contributed by atoms with van der Waals surface area (Å²) in [5.41, 5.74) is 11.5. The summed E-state index contributed by atoms with van der Waals surface area (Å²) in [4.78, 5) is 19.3. The van der Waals surface area contributed by atoms with Crippen molar-refractivity contribution in [2.75, 3.05) is 11.4 Å². The zero-order chi connectivity index (χ0) is 24.1. The number of rotatable bonds is 10. The van der Waals surface area contributed by atoms with E-state index in [-0.39, 0.29) is 23.8 Å². The minimum Gasteiger partial charge on any atom is -0.326 e. The molecule has 2 aromatic carbocycles. The van der Waals surface area contributed by atoms with Gasteiger partial charge in [0, 0.05) is 35.8 Å². The molecule has 1 saturated carbocycles. The summed E-state index contributed by atoms with van der Waals surface area (Å²) in [5.74, 6) is -0.682. The van der Waals surface area contributed by atoms with E-state index in [1.807, 2.05) is 17.0 Å². The van der Waals surface area contributed by atoms with Crippen molar-refractivity contribution in [3.63, 3.8) is 0 Å². The predicted molar refractivity (Wildman–Crippen MR) is 136 cm³/mol. The Bertz CT molecular complexity index is 1100. The van der Waals surface area contributed by atoms with E-state index < -0.39 is 5.95 Å². The molecule has 1 heterocycles. The van der Waals surface area contributed by atoms with Gasteiger partial charge in [0.25, 0.3) is 0 Å². The van der Waals surface area contributed by atoms with E-state index in [4.69, 9.17) is 5.73 Å². The molecule has 178 valence electrons. The van der Waals surface area contributed by atoms with E-state index >= 15 is 0 Å². The molecule has 0 unspecified atom stereocenters. The van der Waals surface area contributed by atoms with Gasteiger partial charge >= 0.3 is 0 Å². The molecule has 1 aliphatic rings. The quantitative estimate of drug-likeness (QED) is 0.373. The van der Waals surface area contributed by atoms with Gasteiger partial charge in [0.05, 0.1) is 0 Å². The smallest absolute Gasteiger partial charge is 0.230 e. The van der Waals surface area contributed by atoms with E-state index in [1.54, 1.807) is 12.1 Å². The summed E-state index contributed by atoms with van der Waals surface area (Å²) in [6, 6.07) is 21.5. The first-order valence-corrected chi connectivity index (χ1v) is 12.4. The average Bonchev–Trinajstić information content (AvgIpc) is 3.64. The number of amides is 1. The summed E-state index contributed by atoms with van der Waals surface area (Å²) < 4.78 is 13.6. The molecule has 1 aliphatic carbocycles. The van der Waals surface area contributed by atoms with Crippen molar-refractivity contribution >= 4 is 11.6 Å². The second-order valence-corrected chi connectivity index (χ2v) is 9.33. The number of aryl methyl sites for hydroxylation is 1. The van der Waals surface area contributed by atoms with Crippen molar-refractivity contribution < 1.29 is 9.18 Å². The van der Waals surface area contributed by atoms with Gasteiger partial charge in [0.15, 0.2) is 0 Å². The first-order chi connectivity index (χ1) is 16.5. The number of carbonyl (C=O) groups excluding carboxylic acids is 1. The molecule has 3 atom stereocenters. The van der Waals surface area contributed by atoms with Gasteiger partial charge in [0.1, 0.15) is 0 Å². The highest BCUT2D eigenvalue weighted by molar-refractivity contribution is 5.97. The Labute approximate surface area is 202 Å². The van der Waals surface area contributed by atoms with Gasteiger partial charge in [-0.2, -0.15) is 4.39 Å². The fourth-order valence-electron chi connectivity index (χ4n) is 4.63. The molecular formula is C29H34FN3O. The van der Waals surface area contributed by atoms with Crippen molar-refractivity contribution in [3.8, 4) is 11.1 Å². The van der Waals surface area contributed by atoms with Crippen molar-refractivity contribution in [1.82, 2.24) is 4.98 Å². The monoisotopic (exact) mass is 459 g/mol. The van der Waals surface area contributed by atoms with Gasteiger partial charge in [-0.05, 0) is 60.2 Å². The van der Waals surface area contributed by atoms with Crippen LogP contribution >= 0.6 is 0 Å². The van der Waals surface area contributed by atoms with E-state index in [2.05, 4.69) is 55.2 Å². The topological polar surface area (TPSA) is 59.2 Å². The molecule has 34 heavy (non-hydrogen) atoms. The minimum atomic E-state index is -0.504. The maximum atomic E-state index is 13.6. The van der Waals surface area contributed by atoms with Gasteiger partial charge < -0.3 is 10.6 Å². The molecule has 1 aromatic heterocycles. The number of halogens is 1. The van der Waals surface area contributed by atoms with Crippen LogP contribution in [0.15, 0.2) is 66.7 Å². The molecule has 0 bridgehead atoms. The van der Waals surface area contributed by atoms with E-state index in [0.29, 0.717) is 18.7 Å². The third-order valence-corrected chi connectivity index (χ3v) is 6.57. The SMILES string of the molecule is CCCc1ccc(-c2ccc(N(C[C@@H](N)CCC)C(=O)[C@H]3C[C@@H]3c3cccc(F)n3)cc2)cc1. The van der Waals surface area contributed by atoms with Gasteiger partial charge in [-0.25, -0.2) is 4.98 Å². The number of benzene rings is 2. The second kappa shape index (κ2) is 10.9. The lowest BCUT2D eigenvalue weighted by Crippen LogP contribution is -2.42. The number of anilines is 1. The van der Waals surface area contributed by atoms with E-state index in [0.717, 1.165) is 42.5 Å². The van der Waals surface area contributed by atoms with Crippen LogP contribution in [-0.2, 0) is 11.2 Å². The molecule has 5 heteroatoms. The maximum Gasteiger partial charge on any atom is 0.230 e. The van der Waals surface area contributed by atoms with Gasteiger partial charge in [0.2, 0.25) is 11.9 Å². The Morgan fingerprint density at radius 2 is 1.71 bits per heavy atom. The number of hydrogen-bond acceptors (Lipinski definition) is 3. The summed E-state index contributed by atoms with van der Waals surface area (Å²) >= 11 is 0. The summed E-state index contributed by atoms with van der Waals surface area (Å²) in [7, 11) is 0. The molecule has 1 fully saturated rings. The number of aromatic nitrogens is 1. The lowest BCUT2D eigenvalue weighted by molar-refractivity contribution is -0.120. The van der Waals surface area contributed by atoms with Crippen LogP contribution in [0, 0.1) is 11.9 Å². The van der Waals surface area contributed by atoms with Crippen LogP contribution in [0.5, 0.6) is 0 Å². The predicted octanol–water partition coefficient (Wildman–Crippen LogP) is 6.10. The van der Waals surface area contributed by atoms with E-state index in [1.165, 1.54) is 11.6 Å². The zero-order valence-corrected chi connectivity index (χ0v) is 20.1. The Hall–Kier alpha value is -3.05. The number of carbonyl (C=O) groups is 1. The number of nitrogens with two attached hydrogens (primary N) is 1. The molecule has 3 aromatic rings. The highest BCUT2D eigenvalue weighted by atomic mass is 19.1.